The Bertz CT molecular complexity index is 967. The van der Waals surface area contributed by atoms with Crippen LogP contribution in [-0.4, -0.2) is 29.5 Å². The minimum absolute atomic E-state index is 0.213. The number of nitrogens with one attached hydrogen (secondary N) is 2. The molecule has 1 amide bonds. The molecule has 4 rings (SSSR count). The van der Waals surface area contributed by atoms with Crippen molar-refractivity contribution in [2.24, 2.45) is 0 Å². The third-order valence-electron chi connectivity index (χ3n) is 4.13. The van der Waals surface area contributed by atoms with Crippen molar-refractivity contribution < 1.29 is 19.0 Å². The van der Waals surface area contributed by atoms with Gasteiger partial charge in [-0.1, -0.05) is 19.1 Å². The van der Waals surface area contributed by atoms with Crippen LogP contribution in [0.15, 0.2) is 48.7 Å². The fourth-order valence-electron chi connectivity index (χ4n) is 2.80. The molecule has 3 aromatic rings. The van der Waals surface area contributed by atoms with Crippen molar-refractivity contribution >= 4 is 11.7 Å². The Morgan fingerprint density at radius 1 is 1.22 bits per heavy atom. The predicted octanol–water partition coefficient (Wildman–Crippen LogP) is 3.85. The van der Waals surface area contributed by atoms with Crippen LogP contribution in [0.3, 0.4) is 0 Å². The molecule has 0 fully saturated rings. The molecule has 7 nitrogen and oxygen atoms in total. The molecule has 7 heteroatoms. The summed E-state index contributed by atoms with van der Waals surface area (Å²) >= 11 is 0. The highest BCUT2D eigenvalue weighted by atomic mass is 16.7. The van der Waals surface area contributed by atoms with Crippen LogP contribution in [0, 0.1) is 0 Å². The summed E-state index contributed by atoms with van der Waals surface area (Å²) in [6.07, 6.45) is 2.57. The van der Waals surface area contributed by atoms with Crippen LogP contribution in [-0.2, 0) is 0 Å². The Morgan fingerprint density at radius 3 is 3.00 bits per heavy atom. The van der Waals surface area contributed by atoms with Crippen LogP contribution >= 0.6 is 0 Å². The molecule has 1 aromatic heterocycles. The van der Waals surface area contributed by atoms with Crippen LogP contribution in [0.1, 0.15) is 23.7 Å². The number of carbonyl (C=O) groups is 1. The van der Waals surface area contributed by atoms with Crippen LogP contribution in [0.4, 0.5) is 5.82 Å². The van der Waals surface area contributed by atoms with E-state index < -0.39 is 0 Å². The van der Waals surface area contributed by atoms with Gasteiger partial charge in [-0.05, 0) is 42.3 Å². The highest BCUT2D eigenvalue weighted by molar-refractivity contribution is 6.05. The molecule has 0 bridgehead atoms. The number of aromatic amines is 1. The summed E-state index contributed by atoms with van der Waals surface area (Å²) in [6.45, 7) is 2.86. The van der Waals surface area contributed by atoms with E-state index in [4.69, 9.17) is 14.2 Å². The van der Waals surface area contributed by atoms with E-state index in [9.17, 15) is 4.79 Å². The van der Waals surface area contributed by atoms with Crippen molar-refractivity contribution in [2.75, 3.05) is 18.7 Å². The molecule has 1 aliphatic heterocycles. The first-order chi connectivity index (χ1) is 13.2. The number of hydrogen-bond acceptors (Lipinski definition) is 5. The number of hydrogen-bond donors (Lipinski definition) is 2. The first-order valence-electron chi connectivity index (χ1n) is 8.72. The number of benzene rings is 2. The molecule has 0 saturated carbocycles. The lowest BCUT2D eigenvalue weighted by Crippen LogP contribution is -2.13. The molecule has 0 saturated heterocycles. The molecule has 0 aliphatic carbocycles. The SMILES string of the molecule is CCCOc1cccc(C(=O)Nc2[nH]ncc2-c2ccc3c(c2)OCO3)c1. The van der Waals surface area contributed by atoms with Gasteiger partial charge in [-0.3, -0.25) is 9.89 Å². The van der Waals surface area contributed by atoms with Crippen molar-refractivity contribution in [1.29, 1.82) is 0 Å². The second-order valence-electron chi connectivity index (χ2n) is 6.06. The lowest BCUT2D eigenvalue weighted by Gasteiger charge is -2.09. The quantitative estimate of drug-likeness (QED) is 0.693. The van der Waals surface area contributed by atoms with E-state index in [0.29, 0.717) is 35.2 Å². The highest BCUT2D eigenvalue weighted by Gasteiger charge is 2.17. The van der Waals surface area contributed by atoms with Crippen molar-refractivity contribution in [3.8, 4) is 28.4 Å². The van der Waals surface area contributed by atoms with E-state index in [1.807, 2.05) is 31.2 Å². The molecule has 0 radical (unpaired) electrons. The van der Waals surface area contributed by atoms with Gasteiger partial charge in [0.2, 0.25) is 6.79 Å². The average Bonchev–Trinajstić information content (AvgIpc) is 3.35. The molecule has 0 unspecified atom stereocenters. The minimum Gasteiger partial charge on any atom is -0.494 e. The van der Waals surface area contributed by atoms with E-state index in [2.05, 4.69) is 15.5 Å². The van der Waals surface area contributed by atoms with E-state index in [1.165, 1.54) is 0 Å². The van der Waals surface area contributed by atoms with E-state index in [0.717, 1.165) is 17.5 Å². The molecule has 2 N–H and O–H groups in total. The summed E-state index contributed by atoms with van der Waals surface area (Å²) in [4.78, 5) is 12.6. The van der Waals surface area contributed by atoms with E-state index in [-0.39, 0.29) is 12.7 Å². The maximum Gasteiger partial charge on any atom is 0.256 e. The summed E-state index contributed by atoms with van der Waals surface area (Å²) in [5, 5.41) is 9.77. The fraction of sp³-hybridized carbons (Fsp3) is 0.200. The van der Waals surface area contributed by atoms with Crippen LogP contribution in [0.5, 0.6) is 17.2 Å². The van der Waals surface area contributed by atoms with Crippen molar-refractivity contribution in [1.82, 2.24) is 10.2 Å². The smallest absolute Gasteiger partial charge is 0.256 e. The molecular weight excluding hydrogens is 346 g/mol. The van der Waals surface area contributed by atoms with Gasteiger partial charge in [-0.2, -0.15) is 5.10 Å². The first-order valence-corrected chi connectivity index (χ1v) is 8.72. The number of fused-ring (bicyclic) bond motifs is 1. The molecule has 1 aliphatic rings. The largest absolute Gasteiger partial charge is 0.494 e. The number of aromatic nitrogens is 2. The van der Waals surface area contributed by atoms with Crippen LogP contribution in [0.2, 0.25) is 0 Å². The number of carbonyl (C=O) groups excluding carboxylic acids is 1. The van der Waals surface area contributed by atoms with E-state index in [1.54, 1.807) is 24.4 Å². The average molecular weight is 365 g/mol. The van der Waals surface area contributed by atoms with Gasteiger partial charge in [-0.25, -0.2) is 0 Å². The summed E-state index contributed by atoms with van der Waals surface area (Å²) in [7, 11) is 0. The van der Waals surface area contributed by atoms with Gasteiger partial charge in [0.15, 0.2) is 11.5 Å². The normalized spacial score (nSPS) is 12.0. The van der Waals surface area contributed by atoms with Crippen molar-refractivity contribution in [3.05, 3.63) is 54.2 Å². The zero-order valence-electron chi connectivity index (χ0n) is 14.8. The Balaban J connectivity index is 1.54. The Hall–Kier alpha value is -3.48. The predicted molar refractivity (Wildman–Crippen MR) is 100 cm³/mol. The minimum atomic E-state index is -0.247. The zero-order chi connectivity index (χ0) is 18.6. The number of nitrogens with zero attached hydrogens (tertiary/aromatic N) is 1. The monoisotopic (exact) mass is 365 g/mol. The summed E-state index contributed by atoms with van der Waals surface area (Å²) in [5.74, 6) is 2.32. The number of ether oxygens (including phenoxy) is 3. The van der Waals surface area contributed by atoms with Gasteiger partial charge in [-0.15, -0.1) is 0 Å². The lowest BCUT2D eigenvalue weighted by atomic mass is 10.1. The maximum atomic E-state index is 12.6. The number of anilines is 1. The third-order valence-corrected chi connectivity index (χ3v) is 4.13. The Kier molecular flexibility index (Phi) is 4.65. The number of amides is 1. The summed E-state index contributed by atoms with van der Waals surface area (Å²) < 4.78 is 16.3. The van der Waals surface area contributed by atoms with Gasteiger partial charge >= 0.3 is 0 Å². The molecule has 0 spiro atoms. The number of H-pyrrole nitrogens is 1. The highest BCUT2D eigenvalue weighted by Crippen LogP contribution is 2.37. The first kappa shape index (κ1) is 17.0. The fourth-order valence-corrected chi connectivity index (χ4v) is 2.80. The second-order valence-corrected chi connectivity index (χ2v) is 6.06. The third kappa shape index (κ3) is 3.57. The molecule has 2 heterocycles. The van der Waals surface area contributed by atoms with Gasteiger partial charge in [0.1, 0.15) is 11.6 Å². The molecule has 0 atom stereocenters. The molecular formula is C20H19N3O4. The summed E-state index contributed by atoms with van der Waals surface area (Å²) in [6, 6.07) is 12.7. The lowest BCUT2D eigenvalue weighted by molar-refractivity contribution is 0.102. The topological polar surface area (TPSA) is 85.5 Å². The zero-order valence-corrected chi connectivity index (χ0v) is 14.8. The Morgan fingerprint density at radius 2 is 2.11 bits per heavy atom. The standard InChI is InChI=1S/C20H19N3O4/c1-2-8-25-15-5-3-4-14(9-15)20(24)22-19-16(11-21-23-19)13-6-7-17-18(10-13)27-12-26-17/h3-7,9-11H,2,8,12H2,1H3,(H2,21,22,23,24). The van der Waals surface area contributed by atoms with Gasteiger partial charge in [0, 0.05) is 11.1 Å². The molecule has 2 aromatic carbocycles. The molecule has 138 valence electrons. The van der Waals surface area contributed by atoms with Crippen LogP contribution < -0.4 is 19.5 Å². The van der Waals surface area contributed by atoms with Gasteiger partial charge in [0.25, 0.3) is 5.91 Å². The second kappa shape index (κ2) is 7.41. The molecule has 27 heavy (non-hydrogen) atoms. The van der Waals surface area contributed by atoms with Crippen molar-refractivity contribution in [3.63, 3.8) is 0 Å². The summed E-state index contributed by atoms with van der Waals surface area (Å²) in [5.41, 5.74) is 2.14. The Labute approximate surface area is 156 Å². The number of rotatable bonds is 6. The van der Waals surface area contributed by atoms with Gasteiger partial charge in [0.05, 0.1) is 12.8 Å². The maximum absolute atomic E-state index is 12.6. The van der Waals surface area contributed by atoms with Gasteiger partial charge < -0.3 is 19.5 Å². The van der Waals surface area contributed by atoms with Crippen molar-refractivity contribution in [2.45, 2.75) is 13.3 Å². The van der Waals surface area contributed by atoms with Crippen LogP contribution in [0.25, 0.3) is 11.1 Å². The van der Waals surface area contributed by atoms with E-state index >= 15 is 0 Å².